The molecule has 1 heterocycles. The molecule has 2 unspecified atom stereocenters. The van der Waals surface area contributed by atoms with Crippen molar-refractivity contribution in [2.45, 2.75) is 75.3 Å². The predicted octanol–water partition coefficient (Wildman–Crippen LogP) is 8.90. The van der Waals surface area contributed by atoms with E-state index < -0.39 is 40.0 Å². The van der Waals surface area contributed by atoms with Crippen LogP contribution in [-0.4, -0.2) is 39.0 Å². The molecule has 4 aromatic rings. The quantitative estimate of drug-likeness (QED) is 0.0978. The molecule has 4 aromatic carbocycles. The van der Waals surface area contributed by atoms with Crippen molar-refractivity contribution in [1.82, 2.24) is 10.0 Å². The molecule has 49 heavy (non-hydrogen) atoms. The first-order valence-corrected chi connectivity index (χ1v) is 17.5. The highest BCUT2D eigenvalue weighted by Crippen LogP contribution is 2.47. The first-order chi connectivity index (χ1) is 23.2. The first kappa shape index (κ1) is 34.5. The summed E-state index contributed by atoms with van der Waals surface area (Å²) in [6, 6.07) is 14.2. The van der Waals surface area contributed by atoms with E-state index in [1.54, 1.807) is 25.1 Å². The zero-order chi connectivity index (χ0) is 35.2. The summed E-state index contributed by atoms with van der Waals surface area (Å²) in [5.41, 5.74) is 0.579. The zero-order valence-electron chi connectivity index (χ0n) is 26.8. The number of hydrogen-bond acceptors (Lipinski definition) is 5. The van der Waals surface area contributed by atoms with Crippen molar-refractivity contribution in [2.24, 2.45) is 0 Å². The van der Waals surface area contributed by atoms with Gasteiger partial charge in [0.25, 0.3) is 0 Å². The van der Waals surface area contributed by atoms with Crippen LogP contribution in [-0.2, 0) is 16.2 Å². The van der Waals surface area contributed by atoms with E-state index in [2.05, 4.69) is 10.0 Å². The highest BCUT2D eigenvalue weighted by Gasteiger charge is 2.38. The molecule has 7 nitrogen and oxygen atoms in total. The van der Waals surface area contributed by atoms with Crippen LogP contribution < -0.4 is 14.8 Å². The van der Waals surface area contributed by atoms with E-state index in [1.165, 1.54) is 30.3 Å². The van der Waals surface area contributed by atoms with Crippen LogP contribution in [0, 0.1) is 17.7 Å². The third-order valence-corrected chi connectivity index (χ3v) is 10.5. The van der Waals surface area contributed by atoms with Crippen molar-refractivity contribution < 1.29 is 35.1 Å². The summed E-state index contributed by atoms with van der Waals surface area (Å²) in [7, 11) is -3.76. The highest BCUT2D eigenvalue weighted by molar-refractivity contribution is 7.89. The largest absolute Gasteiger partial charge is 0.457 e. The number of nitrogens with one attached hydrogen (secondary N) is 4. The van der Waals surface area contributed by atoms with E-state index in [0.717, 1.165) is 30.5 Å². The number of unbranched alkanes of at least 4 members (excludes halogenated alkanes) is 2. The number of halogens is 5. The smallest absolute Gasteiger partial charge is 0.416 e. The monoisotopic (exact) mass is 698 g/mol. The average molecular weight is 699 g/mol. The second-order valence-corrected chi connectivity index (χ2v) is 14.4. The lowest BCUT2D eigenvalue weighted by Crippen LogP contribution is -2.24. The SMILES string of the molecule is CCCCCNS(=O)(=O)c1ccc(Oc2cc(C)cc3cc4c(c(-c5cc(C6CC(F)C(F)C6)cc(C(F)(F)F)c5)c23)C(=N)NC4=N)cc1. The second kappa shape index (κ2) is 13.2. The van der Waals surface area contributed by atoms with Gasteiger partial charge in [-0.2, -0.15) is 13.2 Å². The molecule has 1 fully saturated rings. The Kier molecular flexibility index (Phi) is 9.27. The van der Waals surface area contributed by atoms with Gasteiger partial charge in [-0.1, -0.05) is 31.9 Å². The number of benzene rings is 4. The summed E-state index contributed by atoms with van der Waals surface area (Å²) in [6.07, 6.45) is -6.34. The minimum absolute atomic E-state index is 0.0384. The van der Waals surface area contributed by atoms with Gasteiger partial charge in [0.1, 0.15) is 35.5 Å². The lowest BCUT2D eigenvalue weighted by atomic mass is 9.85. The van der Waals surface area contributed by atoms with E-state index in [4.69, 9.17) is 15.6 Å². The van der Waals surface area contributed by atoms with Crippen molar-refractivity contribution in [2.75, 3.05) is 6.54 Å². The molecule has 6 rings (SSSR count). The van der Waals surface area contributed by atoms with E-state index in [1.807, 2.05) is 6.92 Å². The number of ether oxygens (including phenoxy) is 1. The summed E-state index contributed by atoms with van der Waals surface area (Å²) in [5.74, 6) is -0.616. The minimum Gasteiger partial charge on any atom is -0.457 e. The Balaban J connectivity index is 1.51. The summed E-state index contributed by atoms with van der Waals surface area (Å²) >= 11 is 0. The van der Waals surface area contributed by atoms with Crippen LogP contribution in [0.2, 0.25) is 0 Å². The second-order valence-electron chi connectivity index (χ2n) is 12.6. The summed E-state index contributed by atoms with van der Waals surface area (Å²) in [4.78, 5) is 0.0384. The minimum atomic E-state index is -4.79. The molecule has 4 N–H and O–H groups in total. The Morgan fingerprint density at radius 2 is 1.61 bits per heavy atom. The van der Waals surface area contributed by atoms with Gasteiger partial charge in [-0.25, -0.2) is 21.9 Å². The van der Waals surface area contributed by atoms with Gasteiger partial charge in [-0.15, -0.1) is 0 Å². The van der Waals surface area contributed by atoms with Crippen LogP contribution in [0.1, 0.15) is 72.8 Å². The molecule has 0 amide bonds. The number of fused-ring (bicyclic) bond motifs is 2. The Bertz CT molecular complexity index is 2060. The molecule has 1 aliphatic heterocycles. The maximum absolute atomic E-state index is 14.4. The van der Waals surface area contributed by atoms with Crippen LogP contribution in [0.5, 0.6) is 11.5 Å². The molecular formula is C36H35F5N4O3S. The van der Waals surface area contributed by atoms with E-state index in [9.17, 15) is 30.4 Å². The molecule has 0 spiro atoms. The van der Waals surface area contributed by atoms with Crippen LogP contribution >= 0.6 is 0 Å². The summed E-state index contributed by atoms with van der Waals surface area (Å²) in [5, 5.41) is 20.7. The number of alkyl halides is 5. The molecule has 2 aliphatic rings. The molecular weight excluding hydrogens is 663 g/mol. The Labute approximate surface area is 280 Å². The number of sulfonamides is 1. The van der Waals surface area contributed by atoms with Crippen LogP contribution in [0.4, 0.5) is 22.0 Å². The van der Waals surface area contributed by atoms with E-state index >= 15 is 0 Å². The van der Waals surface area contributed by atoms with E-state index in [0.29, 0.717) is 29.3 Å². The lowest BCUT2D eigenvalue weighted by molar-refractivity contribution is -0.137. The van der Waals surface area contributed by atoms with Gasteiger partial charge < -0.3 is 10.1 Å². The lowest BCUT2D eigenvalue weighted by Gasteiger charge is -2.20. The molecule has 0 aromatic heterocycles. The number of amidine groups is 2. The average Bonchev–Trinajstić information content (AvgIpc) is 3.53. The van der Waals surface area contributed by atoms with Gasteiger partial charge in [0, 0.05) is 28.6 Å². The van der Waals surface area contributed by atoms with Gasteiger partial charge in [0.2, 0.25) is 10.0 Å². The van der Waals surface area contributed by atoms with Crippen LogP contribution in [0.3, 0.4) is 0 Å². The van der Waals surface area contributed by atoms with E-state index in [-0.39, 0.29) is 63.2 Å². The third kappa shape index (κ3) is 6.91. The molecule has 0 bridgehead atoms. The van der Waals surface area contributed by atoms with Crippen LogP contribution in [0.25, 0.3) is 21.9 Å². The van der Waals surface area contributed by atoms with Crippen molar-refractivity contribution in [1.29, 1.82) is 10.8 Å². The predicted molar refractivity (Wildman–Crippen MR) is 179 cm³/mol. The number of rotatable bonds is 10. The topological polar surface area (TPSA) is 115 Å². The Morgan fingerprint density at radius 1 is 0.918 bits per heavy atom. The molecule has 1 aliphatic carbocycles. The van der Waals surface area contributed by atoms with Crippen molar-refractivity contribution >= 4 is 32.5 Å². The Morgan fingerprint density at radius 3 is 2.27 bits per heavy atom. The summed E-state index contributed by atoms with van der Waals surface area (Å²) in [6.45, 7) is 4.12. The molecule has 0 radical (unpaired) electrons. The fourth-order valence-corrected chi connectivity index (χ4v) is 7.69. The zero-order valence-corrected chi connectivity index (χ0v) is 27.6. The van der Waals surface area contributed by atoms with Crippen molar-refractivity contribution in [3.05, 3.63) is 88.5 Å². The van der Waals surface area contributed by atoms with Crippen LogP contribution in [0.15, 0.2) is 65.6 Å². The fraction of sp³-hybridized carbons (Fsp3) is 0.333. The van der Waals surface area contributed by atoms with Gasteiger partial charge in [-0.05, 0) is 103 Å². The standard InChI is InChI=1S/C36H35F5N4O3S/c1-3-4-5-10-44-49(46,47)26-8-6-25(7-9-26)48-30-12-19(2)11-22-16-27-33(35(43)45-34(27)42)32(31(22)30)23-13-20(14-24(15-23)36(39,40)41)21-17-28(37)29(38)18-21/h6-9,11-16,21,28-29,44H,3-5,10,17-18H2,1-2H3,(H3,42,43,45). The molecule has 258 valence electrons. The maximum Gasteiger partial charge on any atom is 0.416 e. The molecule has 1 saturated carbocycles. The van der Waals surface area contributed by atoms with Crippen molar-refractivity contribution in [3.8, 4) is 22.6 Å². The number of aryl methyl sites for hydroxylation is 1. The molecule has 2 atom stereocenters. The van der Waals surface area contributed by atoms with Crippen molar-refractivity contribution in [3.63, 3.8) is 0 Å². The van der Waals surface area contributed by atoms with Gasteiger partial charge in [0.05, 0.1) is 10.5 Å². The number of hydrogen-bond donors (Lipinski definition) is 4. The fourth-order valence-electron chi connectivity index (χ4n) is 6.61. The molecule has 13 heteroatoms. The Hall–Kier alpha value is -4.36. The van der Waals surface area contributed by atoms with Gasteiger partial charge in [0.15, 0.2) is 0 Å². The molecule has 0 saturated heterocycles. The van der Waals surface area contributed by atoms with Gasteiger partial charge >= 0.3 is 6.18 Å². The maximum atomic E-state index is 14.4. The summed E-state index contributed by atoms with van der Waals surface area (Å²) < 4.78 is 106. The highest BCUT2D eigenvalue weighted by atomic mass is 32.2. The first-order valence-electron chi connectivity index (χ1n) is 16.0. The third-order valence-electron chi connectivity index (χ3n) is 9.00. The normalized spacial score (nSPS) is 19.4. The van der Waals surface area contributed by atoms with Gasteiger partial charge in [-0.3, -0.25) is 10.8 Å².